The third-order valence-corrected chi connectivity index (χ3v) is 5.96. The number of hydrogen-bond acceptors (Lipinski definition) is 7. The smallest absolute Gasteiger partial charge is 0.316 e. The molecule has 33 heavy (non-hydrogen) atoms. The molecule has 0 saturated carbocycles. The van der Waals surface area contributed by atoms with E-state index in [2.05, 4.69) is 37.5 Å². The number of ether oxygens (including phenoxy) is 2. The number of benzene rings is 1. The molecule has 9 nitrogen and oxygen atoms in total. The fourth-order valence-electron chi connectivity index (χ4n) is 4.06. The largest absolute Gasteiger partial charge is 0.493 e. The molecule has 0 bridgehead atoms. The van der Waals surface area contributed by atoms with E-state index in [0.717, 1.165) is 11.3 Å². The molecule has 1 aromatic carbocycles. The van der Waals surface area contributed by atoms with Gasteiger partial charge < -0.3 is 25.1 Å². The molecule has 0 unspecified atom stereocenters. The zero-order valence-electron chi connectivity index (χ0n) is 18.2. The fraction of sp³-hybridized carbons (Fsp3) is 0.217. The van der Waals surface area contributed by atoms with E-state index in [9.17, 15) is 4.79 Å². The van der Waals surface area contributed by atoms with Crippen LogP contribution in [0.15, 0.2) is 36.7 Å². The lowest BCUT2D eigenvalue weighted by Crippen LogP contribution is -2.33. The van der Waals surface area contributed by atoms with Gasteiger partial charge in [0, 0.05) is 29.9 Å². The molecule has 4 heterocycles. The molecule has 0 radical (unpaired) electrons. The van der Waals surface area contributed by atoms with Crippen LogP contribution in [0.2, 0.25) is 5.02 Å². The molecule has 3 aromatic heterocycles. The van der Waals surface area contributed by atoms with Gasteiger partial charge in [-0.15, -0.1) is 0 Å². The van der Waals surface area contributed by atoms with Crippen molar-refractivity contribution in [3.63, 3.8) is 0 Å². The highest BCUT2D eigenvalue weighted by Crippen LogP contribution is 2.43. The Morgan fingerprint density at radius 2 is 2.03 bits per heavy atom. The first kappa shape index (κ1) is 21.0. The number of anilines is 2. The number of hydrogen-bond donors (Lipinski definition) is 3. The molecule has 0 aliphatic carbocycles. The average Bonchev–Trinajstić information content (AvgIpc) is 3.21. The van der Waals surface area contributed by atoms with Crippen molar-refractivity contribution in [1.29, 1.82) is 0 Å². The summed E-state index contributed by atoms with van der Waals surface area (Å²) in [4.78, 5) is 29.5. The van der Waals surface area contributed by atoms with Gasteiger partial charge in [-0.1, -0.05) is 24.6 Å². The van der Waals surface area contributed by atoms with Crippen molar-refractivity contribution >= 4 is 39.9 Å². The van der Waals surface area contributed by atoms with Crippen LogP contribution in [0.4, 0.5) is 11.4 Å². The van der Waals surface area contributed by atoms with Gasteiger partial charge in [0.25, 0.3) is 5.91 Å². The number of pyridine rings is 1. The Morgan fingerprint density at radius 3 is 2.82 bits per heavy atom. The predicted octanol–water partition coefficient (Wildman–Crippen LogP) is 4.28. The zero-order chi connectivity index (χ0) is 23.1. The molecule has 1 amide bonds. The number of aromatic amines is 1. The fourth-order valence-corrected chi connectivity index (χ4v) is 4.31. The van der Waals surface area contributed by atoms with Gasteiger partial charge in [-0.05, 0) is 18.2 Å². The Kier molecular flexibility index (Phi) is 5.26. The highest BCUT2D eigenvalue weighted by atomic mass is 35.5. The Bertz CT molecular complexity index is 1390. The first-order valence-corrected chi connectivity index (χ1v) is 10.7. The van der Waals surface area contributed by atoms with Gasteiger partial charge in [0.15, 0.2) is 5.75 Å². The van der Waals surface area contributed by atoms with Crippen LogP contribution in [0.3, 0.4) is 0 Å². The third kappa shape index (κ3) is 3.50. The molecule has 5 rings (SSSR count). The van der Waals surface area contributed by atoms with Crippen LogP contribution in [0, 0.1) is 0 Å². The van der Waals surface area contributed by atoms with Gasteiger partial charge in [-0.3, -0.25) is 9.78 Å². The van der Waals surface area contributed by atoms with Crippen LogP contribution < -0.4 is 20.1 Å². The molecular weight excluding hydrogens is 444 g/mol. The lowest BCUT2D eigenvalue weighted by Gasteiger charge is -2.20. The standard InChI is InChI=1S/C23H21ClN6O3/c1-11-9-26-22(31)16-17(11)29-19(20(16)28-14-6-4-5-13(24)21(14)32-2)12-7-8-25-15-10-27-23(33-3)30-18(12)15/h4-8,10-11,28-29H,9H2,1-3H3,(H,26,31)/t11-/m1/s1. The number of amides is 1. The molecule has 1 atom stereocenters. The minimum absolute atomic E-state index is 0.0884. The van der Waals surface area contributed by atoms with Crippen LogP contribution >= 0.6 is 11.6 Å². The Balaban J connectivity index is 1.78. The number of carbonyl (C=O) groups is 1. The summed E-state index contributed by atoms with van der Waals surface area (Å²) in [5, 5.41) is 6.80. The first-order chi connectivity index (χ1) is 16.0. The molecular formula is C23H21ClN6O3. The molecule has 0 saturated heterocycles. The monoisotopic (exact) mass is 464 g/mol. The zero-order valence-corrected chi connectivity index (χ0v) is 18.9. The summed E-state index contributed by atoms with van der Waals surface area (Å²) >= 11 is 6.34. The summed E-state index contributed by atoms with van der Waals surface area (Å²) in [5.74, 6) is 0.401. The quantitative estimate of drug-likeness (QED) is 0.404. The Hall–Kier alpha value is -3.85. The molecule has 1 aliphatic rings. The molecule has 3 N–H and O–H groups in total. The highest BCUT2D eigenvalue weighted by Gasteiger charge is 2.32. The Morgan fingerprint density at radius 1 is 1.18 bits per heavy atom. The van der Waals surface area contributed by atoms with Gasteiger partial charge >= 0.3 is 6.01 Å². The second-order valence-corrected chi connectivity index (χ2v) is 8.08. The van der Waals surface area contributed by atoms with Crippen LogP contribution in [0.25, 0.3) is 22.3 Å². The van der Waals surface area contributed by atoms with E-state index in [1.165, 1.54) is 7.11 Å². The molecule has 0 fully saturated rings. The number of methoxy groups -OCH3 is 2. The van der Waals surface area contributed by atoms with Gasteiger partial charge in [-0.25, -0.2) is 4.98 Å². The van der Waals surface area contributed by atoms with Crippen LogP contribution in [-0.2, 0) is 0 Å². The van der Waals surface area contributed by atoms with E-state index in [4.69, 9.17) is 21.1 Å². The van der Waals surface area contributed by atoms with Crippen LogP contribution in [0.1, 0.15) is 28.9 Å². The predicted molar refractivity (Wildman–Crippen MR) is 126 cm³/mol. The normalized spacial score (nSPS) is 15.2. The second-order valence-electron chi connectivity index (χ2n) is 7.67. The average molecular weight is 465 g/mol. The molecule has 168 valence electrons. The summed E-state index contributed by atoms with van der Waals surface area (Å²) < 4.78 is 10.7. The Labute approximate surface area is 194 Å². The maximum absolute atomic E-state index is 13.0. The summed E-state index contributed by atoms with van der Waals surface area (Å²) in [6.07, 6.45) is 3.29. The number of halogens is 1. The number of fused-ring (bicyclic) bond motifs is 2. The highest BCUT2D eigenvalue weighted by molar-refractivity contribution is 6.32. The molecule has 10 heteroatoms. The van der Waals surface area contributed by atoms with E-state index in [1.54, 1.807) is 25.6 Å². The number of rotatable bonds is 5. The number of para-hydroxylation sites is 1. The molecule has 4 aromatic rings. The second kappa shape index (κ2) is 8.25. The van der Waals surface area contributed by atoms with Crippen molar-refractivity contribution in [2.24, 2.45) is 0 Å². The van der Waals surface area contributed by atoms with Crippen molar-refractivity contribution in [2.75, 3.05) is 26.1 Å². The lowest BCUT2D eigenvalue weighted by molar-refractivity contribution is 0.0942. The van der Waals surface area contributed by atoms with E-state index in [1.807, 2.05) is 18.2 Å². The minimum Gasteiger partial charge on any atom is -0.493 e. The number of carbonyl (C=O) groups excluding carboxylic acids is 1. The van der Waals surface area contributed by atoms with E-state index in [-0.39, 0.29) is 17.8 Å². The van der Waals surface area contributed by atoms with Gasteiger partial charge in [0.1, 0.15) is 11.0 Å². The van der Waals surface area contributed by atoms with Crippen molar-refractivity contribution in [3.8, 4) is 23.0 Å². The van der Waals surface area contributed by atoms with Crippen molar-refractivity contribution in [2.45, 2.75) is 12.8 Å². The van der Waals surface area contributed by atoms with E-state index in [0.29, 0.717) is 51.0 Å². The van der Waals surface area contributed by atoms with Crippen molar-refractivity contribution in [3.05, 3.63) is 52.9 Å². The maximum Gasteiger partial charge on any atom is 0.316 e. The van der Waals surface area contributed by atoms with Crippen LogP contribution in [0.5, 0.6) is 11.8 Å². The van der Waals surface area contributed by atoms with Gasteiger partial charge in [0.05, 0.1) is 48.1 Å². The third-order valence-electron chi connectivity index (χ3n) is 5.66. The van der Waals surface area contributed by atoms with E-state index >= 15 is 0 Å². The summed E-state index contributed by atoms with van der Waals surface area (Å²) in [6.45, 7) is 2.59. The van der Waals surface area contributed by atoms with Gasteiger partial charge in [0.2, 0.25) is 0 Å². The van der Waals surface area contributed by atoms with Crippen LogP contribution in [-0.4, -0.2) is 46.6 Å². The summed E-state index contributed by atoms with van der Waals surface area (Å²) in [5.41, 5.74) is 5.24. The van der Waals surface area contributed by atoms with Crippen molar-refractivity contribution in [1.82, 2.24) is 25.3 Å². The SMILES string of the molecule is COc1ncc2nccc(-c3[nH]c4c(c3Nc3cccc(Cl)c3OC)C(=O)NC[C@H]4C)c2n1. The maximum atomic E-state index is 13.0. The van der Waals surface area contributed by atoms with Gasteiger partial charge in [-0.2, -0.15) is 4.98 Å². The number of H-pyrrole nitrogens is 1. The van der Waals surface area contributed by atoms with E-state index < -0.39 is 0 Å². The lowest BCUT2D eigenvalue weighted by atomic mass is 9.98. The van der Waals surface area contributed by atoms with Crippen molar-refractivity contribution < 1.29 is 14.3 Å². The molecule has 1 aliphatic heterocycles. The topological polar surface area (TPSA) is 114 Å². The summed E-state index contributed by atoms with van der Waals surface area (Å²) in [7, 11) is 3.06. The minimum atomic E-state index is -0.167. The number of aromatic nitrogens is 4. The number of nitrogens with one attached hydrogen (secondary N) is 3. The molecule has 0 spiro atoms. The first-order valence-electron chi connectivity index (χ1n) is 10.3. The number of nitrogens with zero attached hydrogens (tertiary/aromatic N) is 3. The summed E-state index contributed by atoms with van der Waals surface area (Å²) in [6, 6.07) is 7.47.